The summed E-state index contributed by atoms with van der Waals surface area (Å²) in [5.74, 6) is 0.0959. The highest BCUT2D eigenvalue weighted by atomic mass is 28.4. The number of esters is 1. The van der Waals surface area contributed by atoms with Crippen LogP contribution in [0.1, 0.15) is 42.3 Å². The van der Waals surface area contributed by atoms with Crippen LogP contribution in [0, 0.1) is 0 Å². The molecule has 0 aliphatic heterocycles. The van der Waals surface area contributed by atoms with E-state index in [1.807, 2.05) is 12.1 Å². The number of ether oxygens (including phenoxy) is 2. The van der Waals surface area contributed by atoms with Gasteiger partial charge in [-0.3, -0.25) is 4.98 Å². The number of hydrogen-bond donors (Lipinski definition) is 0. The Morgan fingerprint density at radius 2 is 1.74 bits per heavy atom. The lowest BCUT2D eigenvalue weighted by Gasteiger charge is -2.36. The molecule has 2 rings (SSSR count). The van der Waals surface area contributed by atoms with E-state index in [-0.39, 0.29) is 5.04 Å². The average molecular weight is 388 g/mol. The minimum atomic E-state index is -1.78. The molecule has 5 nitrogen and oxygen atoms in total. The van der Waals surface area contributed by atoms with Crippen LogP contribution in [0.5, 0.6) is 5.75 Å². The van der Waals surface area contributed by atoms with Crippen molar-refractivity contribution in [2.45, 2.75) is 52.1 Å². The highest BCUT2D eigenvalue weighted by molar-refractivity contribution is 6.74. The maximum absolute atomic E-state index is 11.6. The molecule has 0 aliphatic rings. The Hall–Kier alpha value is -2.18. The van der Waals surface area contributed by atoms with Gasteiger partial charge in [-0.1, -0.05) is 45.0 Å². The van der Waals surface area contributed by atoms with Crippen molar-refractivity contribution in [2.24, 2.45) is 0 Å². The van der Waals surface area contributed by atoms with Gasteiger partial charge >= 0.3 is 5.97 Å². The van der Waals surface area contributed by atoms with Crippen LogP contribution in [0.4, 0.5) is 0 Å². The summed E-state index contributed by atoms with van der Waals surface area (Å²) in [5, 5.41) is 0.186. The van der Waals surface area contributed by atoms with Crippen LogP contribution in [0.2, 0.25) is 18.1 Å². The van der Waals surface area contributed by atoms with Gasteiger partial charge < -0.3 is 13.9 Å². The maximum atomic E-state index is 11.6. The van der Waals surface area contributed by atoms with Gasteiger partial charge in [0.25, 0.3) is 0 Å². The van der Waals surface area contributed by atoms with E-state index in [9.17, 15) is 4.79 Å². The topological polar surface area (TPSA) is 57.7 Å². The Bertz CT molecular complexity index is 784. The van der Waals surface area contributed by atoms with Crippen LogP contribution in [0.15, 0.2) is 42.7 Å². The highest BCUT2D eigenvalue weighted by Gasteiger charge is 2.36. The number of benzene rings is 1. The first kappa shape index (κ1) is 21.1. The lowest BCUT2D eigenvalue weighted by atomic mass is 10.1. The SMILES string of the molecule is COC(=O)c1cncc(OCc2cccc(CO[Si](C)(C)C(C)(C)C)c2)c1. The van der Waals surface area contributed by atoms with E-state index in [2.05, 4.69) is 51.0 Å². The van der Waals surface area contributed by atoms with Crippen LogP contribution >= 0.6 is 0 Å². The summed E-state index contributed by atoms with van der Waals surface area (Å²) in [4.78, 5) is 15.6. The van der Waals surface area contributed by atoms with Crippen molar-refractivity contribution in [3.8, 4) is 5.75 Å². The van der Waals surface area contributed by atoms with Crippen molar-refractivity contribution in [3.05, 3.63) is 59.4 Å². The second-order valence-electron chi connectivity index (χ2n) is 8.06. The molecule has 6 heteroatoms. The molecule has 0 bridgehead atoms. The Labute approximate surface area is 162 Å². The molecule has 0 atom stereocenters. The summed E-state index contributed by atoms with van der Waals surface area (Å²) < 4.78 is 16.8. The van der Waals surface area contributed by atoms with Crippen LogP contribution in [0.25, 0.3) is 0 Å². The summed E-state index contributed by atoms with van der Waals surface area (Å²) in [6, 6.07) is 9.80. The molecule has 1 aromatic heterocycles. The minimum Gasteiger partial charge on any atom is -0.487 e. The molecule has 0 saturated heterocycles. The quantitative estimate of drug-likeness (QED) is 0.496. The fraction of sp³-hybridized carbons (Fsp3) is 0.429. The second kappa shape index (κ2) is 8.67. The van der Waals surface area contributed by atoms with Crippen LogP contribution in [0.3, 0.4) is 0 Å². The molecule has 0 N–H and O–H groups in total. The molecule has 0 amide bonds. The molecule has 0 aliphatic carbocycles. The zero-order chi connectivity index (χ0) is 20.1. The molecule has 0 fully saturated rings. The third-order valence-electron chi connectivity index (χ3n) is 4.94. The van der Waals surface area contributed by atoms with Crippen LogP contribution in [-0.4, -0.2) is 26.4 Å². The number of pyridine rings is 1. The number of nitrogens with zero attached hydrogens (tertiary/aromatic N) is 1. The predicted molar refractivity (Wildman–Crippen MR) is 108 cm³/mol. The summed E-state index contributed by atoms with van der Waals surface area (Å²) in [7, 11) is -0.440. The van der Waals surface area contributed by atoms with Crippen molar-refractivity contribution in [3.63, 3.8) is 0 Å². The first-order chi connectivity index (χ1) is 12.6. The monoisotopic (exact) mass is 387 g/mol. The number of carbonyl (C=O) groups is 1. The number of rotatable bonds is 7. The molecule has 0 spiro atoms. The third kappa shape index (κ3) is 5.90. The number of carbonyl (C=O) groups excluding carboxylic acids is 1. The third-order valence-corrected chi connectivity index (χ3v) is 9.42. The highest BCUT2D eigenvalue weighted by Crippen LogP contribution is 2.37. The number of hydrogen-bond acceptors (Lipinski definition) is 5. The lowest BCUT2D eigenvalue weighted by molar-refractivity contribution is 0.0599. The Morgan fingerprint density at radius 3 is 2.37 bits per heavy atom. The van der Waals surface area contributed by atoms with E-state index in [0.29, 0.717) is 24.5 Å². The Kier molecular flexibility index (Phi) is 6.78. The van der Waals surface area contributed by atoms with Crippen LogP contribution < -0.4 is 4.74 Å². The van der Waals surface area contributed by atoms with Crippen molar-refractivity contribution in [2.75, 3.05) is 7.11 Å². The molecule has 2 aromatic rings. The molecule has 0 saturated carbocycles. The second-order valence-corrected chi connectivity index (χ2v) is 12.9. The van der Waals surface area contributed by atoms with Gasteiger partial charge in [-0.2, -0.15) is 0 Å². The lowest BCUT2D eigenvalue weighted by Crippen LogP contribution is -2.40. The largest absolute Gasteiger partial charge is 0.487 e. The molecule has 1 heterocycles. The number of aromatic nitrogens is 1. The molecule has 146 valence electrons. The Balaban J connectivity index is 1.99. The van der Waals surface area contributed by atoms with Crippen molar-refractivity contribution >= 4 is 14.3 Å². The zero-order valence-electron chi connectivity index (χ0n) is 17.0. The van der Waals surface area contributed by atoms with E-state index in [4.69, 9.17) is 13.9 Å². The zero-order valence-corrected chi connectivity index (χ0v) is 18.0. The standard InChI is InChI=1S/C21H29NO4Si/c1-21(2,3)27(5,6)26-15-17-9-7-8-16(10-17)14-25-19-11-18(12-22-13-19)20(23)24-4/h7-13H,14-15H2,1-6H3. The smallest absolute Gasteiger partial charge is 0.339 e. The van der Waals surface area contributed by atoms with E-state index < -0.39 is 14.3 Å². The molecule has 0 radical (unpaired) electrons. The van der Waals surface area contributed by atoms with Gasteiger partial charge in [-0.05, 0) is 35.3 Å². The average Bonchev–Trinajstić information content (AvgIpc) is 2.64. The van der Waals surface area contributed by atoms with Gasteiger partial charge in [0.15, 0.2) is 8.32 Å². The predicted octanol–water partition coefficient (Wildman–Crippen LogP) is 4.97. The van der Waals surface area contributed by atoms with E-state index in [1.165, 1.54) is 13.3 Å². The first-order valence-electron chi connectivity index (χ1n) is 9.00. The number of methoxy groups -OCH3 is 1. The molecular weight excluding hydrogens is 358 g/mol. The van der Waals surface area contributed by atoms with Crippen molar-refractivity contribution in [1.82, 2.24) is 4.98 Å². The van der Waals surface area contributed by atoms with Gasteiger partial charge in [0.1, 0.15) is 12.4 Å². The summed E-state index contributed by atoms with van der Waals surface area (Å²) in [6.45, 7) is 12.2. The van der Waals surface area contributed by atoms with Gasteiger partial charge in [-0.25, -0.2) is 4.79 Å². The molecule has 0 unspecified atom stereocenters. The Morgan fingerprint density at radius 1 is 1.07 bits per heavy atom. The van der Waals surface area contributed by atoms with E-state index in [0.717, 1.165) is 11.1 Å². The van der Waals surface area contributed by atoms with Crippen molar-refractivity contribution < 1.29 is 18.7 Å². The summed E-state index contributed by atoms with van der Waals surface area (Å²) in [5.41, 5.74) is 2.53. The minimum absolute atomic E-state index is 0.186. The van der Waals surface area contributed by atoms with Gasteiger partial charge in [0, 0.05) is 6.20 Å². The molecule has 27 heavy (non-hydrogen) atoms. The fourth-order valence-corrected chi connectivity index (χ4v) is 3.14. The summed E-state index contributed by atoms with van der Waals surface area (Å²) >= 11 is 0. The maximum Gasteiger partial charge on any atom is 0.339 e. The van der Waals surface area contributed by atoms with Crippen LogP contribution in [-0.2, 0) is 22.4 Å². The van der Waals surface area contributed by atoms with Gasteiger partial charge in [0.05, 0.1) is 25.5 Å². The van der Waals surface area contributed by atoms with Crippen molar-refractivity contribution in [1.29, 1.82) is 0 Å². The van der Waals surface area contributed by atoms with Gasteiger partial charge in [-0.15, -0.1) is 0 Å². The molecular formula is C21H29NO4Si. The van der Waals surface area contributed by atoms with E-state index in [1.54, 1.807) is 12.3 Å². The fourth-order valence-electron chi connectivity index (χ4n) is 2.18. The first-order valence-corrected chi connectivity index (χ1v) is 11.9. The normalized spacial score (nSPS) is 11.9. The summed E-state index contributed by atoms with van der Waals surface area (Å²) in [6.07, 6.45) is 3.04. The van der Waals surface area contributed by atoms with E-state index >= 15 is 0 Å². The molecule has 1 aromatic carbocycles. The van der Waals surface area contributed by atoms with Gasteiger partial charge in [0.2, 0.25) is 0 Å².